The highest BCUT2D eigenvalue weighted by Crippen LogP contribution is 2.39. The highest BCUT2D eigenvalue weighted by Gasteiger charge is 2.31. The van der Waals surface area contributed by atoms with E-state index >= 15 is 0 Å². The Labute approximate surface area is 352 Å². The Morgan fingerprint density at radius 2 is 0.833 bits per heavy atom. The van der Waals surface area contributed by atoms with E-state index in [9.17, 15) is 0 Å². The van der Waals surface area contributed by atoms with Gasteiger partial charge >= 0.3 is 0 Å². The first kappa shape index (κ1) is 36.8. The van der Waals surface area contributed by atoms with Gasteiger partial charge in [-0.2, -0.15) is 0 Å². The molecule has 286 valence electrons. The number of hydrogen-bond acceptors (Lipinski definition) is 3. The van der Waals surface area contributed by atoms with E-state index in [-0.39, 0.29) is 12.0 Å². The third kappa shape index (κ3) is 7.27. The summed E-state index contributed by atoms with van der Waals surface area (Å²) in [5.41, 5.74) is 15.6. The number of aromatic nitrogens is 1. The number of fused-ring (bicyclic) bond motifs is 1. The minimum absolute atomic E-state index is 0.00776. The van der Waals surface area contributed by atoms with Crippen molar-refractivity contribution in [2.45, 2.75) is 19.4 Å². The Morgan fingerprint density at radius 1 is 0.383 bits per heavy atom. The lowest BCUT2D eigenvalue weighted by Crippen LogP contribution is -2.28. The van der Waals surface area contributed by atoms with Gasteiger partial charge in [0.25, 0.3) is 0 Å². The number of aliphatic imine (C=N–C) groups is 2. The van der Waals surface area contributed by atoms with E-state index in [1.807, 2.05) is 6.07 Å². The predicted octanol–water partition coefficient (Wildman–Crippen LogP) is 14.6. The van der Waals surface area contributed by atoms with E-state index in [1.165, 1.54) is 38.6 Å². The normalized spacial score (nSPS) is 15.0. The van der Waals surface area contributed by atoms with Gasteiger partial charge in [0.15, 0.2) is 5.84 Å². The van der Waals surface area contributed by atoms with Crippen LogP contribution in [0.25, 0.3) is 66.7 Å². The van der Waals surface area contributed by atoms with Crippen molar-refractivity contribution >= 4 is 22.3 Å². The SMILES string of the molecule is CCC1C(c2ccccc2)=NC(c2ccc(-c3cccc4c(-c5ccc(-c6cc(-c7ccccc7)cc(-c7ccccc7)n6)cc5)cccc34)cc2)=NC1c1ccccc1. The lowest BCUT2D eigenvalue weighted by molar-refractivity contribution is 0.532. The zero-order chi connectivity index (χ0) is 40.3. The molecule has 3 nitrogen and oxygen atoms in total. The monoisotopic (exact) mass is 769 g/mol. The van der Waals surface area contributed by atoms with E-state index in [4.69, 9.17) is 15.0 Å². The largest absolute Gasteiger partial charge is 0.257 e. The zero-order valence-corrected chi connectivity index (χ0v) is 33.5. The molecule has 1 aromatic heterocycles. The first-order valence-electron chi connectivity index (χ1n) is 20.8. The quantitative estimate of drug-likeness (QED) is 0.144. The van der Waals surface area contributed by atoms with Crippen LogP contribution in [0.4, 0.5) is 0 Å². The molecule has 0 saturated heterocycles. The van der Waals surface area contributed by atoms with Crippen molar-refractivity contribution < 1.29 is 0 Å². The predicted molar refractivity (Wildman–Crippen MR) is 251 cm³/mol. The van der Waals surface area contributed by atoms with Gasteiger partial charge in [0, 0.05) is 22.6 Å². The molecule has 0 spiro atoms. The molecule has 0 aliphatic carbocycles. The number of rotatable bonds is 9. The molecular formula is C57H43N3. The van der Waals surface area contributed by atoms with Gasteiger partial charge in [-0.05, 0) is 73.8 Å². The Balaban J connectivity index is 0.978. The van der Waals surface area contributed by atoms with Gasteiger partial charge in [-0.15, -0.1) is 0 Å². The second-order valence-corrected chi connectivity index (χ2v) is 15.4. The fraction of sp³-hybridized carbons (Fsp3) is 0.0702. The zero-order valence-electron chi connectivity index (χ0n) is 33.5. The summed E-state index contributed by atoms with van der Waals surface area (Å²) in [6.45, 7) is 2.24. The highest BCUT2D eigenvalue weighted by atomic mass is 15.0. The smallest absolute Gasteiger partial charge is 0.155 e. The lowest BCUT2D eigenvalue weighted by atomic mass is 9.83. The molecule has 2 heterocycles. The van der Waals surface area contributed by atoms with E-state index in [2.05, 4.69) is 219 Å². The van der Waals surface area contributed by atoms with E-state index < -0.39 is 0 Å². The van der Waals surface area contributed by atoms with E-state index in [1.54, 1.807) is 0 Å². The van der Waals surface area contributed by atoms with Crippen molar-refractivity contribution in [1.82, 2.24) is 4.98 Å². The summed E-state index contributed by atoms with van der Waals surface area (Å²) in [6.07, 6.45) is 0.950. The molecule has 8 aromatic carbocycles. The molecule has 1 aliphatic heterocycles. The fourth-order valence-corrected chi connectivity index (χ4v) is 8.66. The Morgan fingerprint density at radius 3 is 1.37 bits per heavy atom. The van der Waals surface area contributed by atoms with Crippen LogP contribution in [0.2, 0.25) is 0 Å². The van der Waals surface area contributed by atoms with Crippen LogP contribution in [0.5, 0.6) is 0 Å². The molecule has 0 N–H and O–H groups in total. The van der Waals surface area contributed by atoms with Crippen molar-refractivity contribution in [3.8, 4) is 55.9 Å². The Hall–Kier alpha value is -7.49. The summed E-state index contributed by atoms with van der Waals surface area (Å²) < 4.78 is 0. The molecule has 0 amide bonds. The van der Waals surface area contributed by atoms with Crippen LogP contribution in [0.15, 0.2) is 228 Å². The number of pyridine rings is 1. The lowest BCUT2D eigenvalue weighted by Gasteiger charge is -2.30. The minimum atomic E-state index is -0.00776. The van der Waals surface area contributed by atoms with Crippen LogP contribution in [-0.2, 0) is 0 Å². The molecule has 0 fully saturated rings. The first-order chi connectivity index (χ1) is 29.7. The number of hydrogen-bond donors (Lipinski definition) is 0. The highest BCUT2D eigenvalue weighted by molar-refractivity contribution is 6.15. The van der Waals surface area contributed by atoms with Crippen LogP contribution >= 0.6 is 0 Å². The van der Waals surface area contributed by atoms with Gasteiger partial charge in [-0.25, -0.2) is 9.98 Å². The van der Waals surface area contributed by atoms with Gasteiger partial charge in [-0.3, -0.25) is 4.99 Å². The molecule has 2 atom stereocenters. The van der Waals surface area contributed by atoms with E-state index in [0.717, 1.165) is 62.7 Å². The molecule has 2 unspecified atom stereocenters. The van der Waals surface area contributed by atoms with Crippen LogP contribution in [0.1, 0.15) is 36.1 Å². The Kier molecular flexibility index (Phi) is 10.1. The molecule has 9 aromatic rings. The molecule has 3 heteroatoms. The second kappa shape index (κ2) is 16.4. The van der Waals surface area contributed by atoms with Crippen molar-refractivity contribution in [3.63, 3.8) is 0 Å². The Bertz CT molecular complexity index is 2910. The van der Waals surface area contributed by atoms with Gasteiger partial charge < -0.3 is 0 Å². The van der Waals surface area contributed by atoms with Crippen molar-refractivity contribution in [3.05, 3.63) is 235 Å². The summed E-state index contributed by atoms with van der Waals surface area (Å²) in [7, 11) is 0. The summed E-state index contributed by atoms with van der Waals surface area (Å²) in [5.74, 6) is 0.967. The van der Waals surface area contributed by atoms with Crippen LogP contribution in [0, 0.1) is 5.92 Å². The maximum Gasteiger partial charge on any atom is 0.155 e. The number of amidine groups is 1. The summed E-state index contributed by atoms with van der Waals surface area (Å²) >= 11 is 0. The van der Waals surface area contributed by atoms with Crippen LogP contribution in [0.3, 0.4) is 0 Å². The molecule has 0 bridgehead atoms. The number of benzene rings is 8. The molecule has 10 rings (SSSR count). The second-order valence-electron chi connectivity index (χ2n) is 15.4. The molecular weight excluding hydrogens is 727 g/mol. The maximum atomic E-state index is 5.33. The maximum absolute atomic E-state index is 5.33. The average molecular weight is 770 g/mol. The summed E-state index contributed by atoms with van der Waals surface area (Å²) in [6, 6.07) is 77.5. The molecule has 0 saturated carbocycles. The minimum Gasteiger partial charge on any atom is -0.257 e. The van der Waals surface area contributed by atoms with Crippen molar-refractivity contribution in [1.29, 1.82) is 0 Å². The molecule has 60 heavy (non-hydrogen) atoms. The number of nitrogens with zero attached hydrogens (tertiary/aromatic N) is 3. The van der Waals surface area contributed by atoms with Gasteiger partial charge in [0.2, 0.25) is 0 Å². The topological polar surface area (TPSA) is 37.6 Å². The summed E-state index contributed by atoms with van der Waals surface area (Å²) in [5, 5.41) is 2.43. The summed E-state index contributed by atoms with van der Waals surface area (Å²) in [4.78, 5) is 15.8. The third-order valence-corrected chi connectivity index (χ3v) is 11.7. The van der Waals surface area contributed by atoms with Crippen molar-refractivity contribution in [2.24, 2.45) is 15.9 Å². The van der Waals surface area contributed by atoms with Gasteiger partial charge in [0.05, 0.1) is 23.1 Å². The molecule has 1 aliphatic rings. The molecule has 0 radical (unpaired) electrons. The first-order valence-corrected chi connectivity index (χ1v) is 20.8. The standard InChI is InChI=1S/C57H43N3/c1-2-48-55(44-21-11-5-12-22-44)59-57(60-56(48)45-23-13-6-14-24-45)46-35-31-41(32-36-46)50-26-16-27-51-49(25-15-28-52(50)51)40-29-33-43(34-30-40)54-38-47(39-17-7-3-8-18-39)37-53(58-54)42-19-9-4-10-20-42/h3-38,48,55H,2H2,1H3. The van der Waals surface area contributed by atoms with Gasteiger partial charge in [-0.1, -0.05) is 213 Å². The fourth-order valence-electron chi connectivity index (χ4n) is 8.66. The van der Waals surface area contributed by atoms with Crippen LogP contribution < -0.4 is 0 Å². The van der Waals surface area contributed by atoms with Gasteiger partial charge in [0.1, 0.15) is 0 Å². The third-order valence-electron chi connectivity index (χ3n) is 11.7. The van der Waals surface area contributed by atoms with Crippen molar-refractivity contribution in [2.75, 3.05) is 0 Å². The van der Waals surface area contributed by atoms with Crippen LogP contribution in [-0.4, -0.2) is 16.5 Å². The average Bonchev–Trinajstić information content (AvgIpc) is 3.34. The van der Waals surface area contributed by atoms with E-state index in [0.29, 0.717) is 0 Å².